The summed E-state index contributed by atoms with van der Waals surface area (Å²) < 4.78 is 25.6. The number of hydrogen-bond donors (Lipinski definition) is 1. The molecular weight excluding hydrogens is 348 g/mol. The number of carbonyl (C=O) groups is 1. The minimum atomic E-state index is -3.37. The minimum Gasteiger partial charge on any atom is -0.356 e. The molecule has 1 aromatic carbocycles. The zero-order valence-corrected chi connectivity index (χ0v) is 17.4. The Bertz CT molecular complexity index is 659. The van der Waals surface area contributed by atoms with Gasteiger partial charge in [-0.1, -0.05) is 45.2 Å². The standard InChI is InChI=1S/C20H34N2O3S/c1-5-7-11-18(6-2)16-21-20(23)13-9-14-22(26(4,24)25)19-12-8-10-17(3)15-19/h8,10,12,15,18H,5-7,9,11,13-14,16H2,1-4H3,(H,21,23)/t18-/m1/s1. The van der Waals surface area contributed by atoms with Crippen LogP contribution in [0.3, 0.4) is 0 Å². The van der Waals surface area contributed by atoms with Crippen molar-refractivity contribution in [2.24, 2.45) is 5.92 Å². The van der Waals surface area contributed by atoms with Gasteiger partial charge in [0.15, 0.2) is 0 Å². The lowest BCUT2D eigenvalue weighted by Crippen LogP contribution is -2.33. The quantitative estimate of drug-likeness (QED) is 0.597. The van der Waals surface area contributed by atoms with Crippen molar-refractivity contribution in [3.05, 3.63) is 29.8 Å². The third-order valence-corrected chi connectivity index (χ3v) is 5.78. The molecule has 0 bridgehead atoms. The fourth-order valence-electron chi connectivity index (χ4n) is 2.94. The molecule has 0 aliphatic carbocycles. The van der Waals surface area contributed by atoms with Crippen molar-refractivity contribution >= 4 is 21.6 Å². The lowest BCUT2D eigenvalue weighted by molar-refractivity contribution is -0.121. The maximum Gasteiger partial charge on any atom is 0.232 e. The van der Waals surface area contributed by atoms with Gasteiger partial charge in [0.25, 0.3) is 0 Å². The lowest BCUT2D eigenvalue weighted by Gasteiger charge is -2.22. The van der Waals surface area contributed by atoms with Gasteiger partial charge in [-0.3, -0.25) is 9.10 Å². The second kappa shape index (κ2) is 11.2. The highest BCUT2D eigenvalue weighted by atomic mass is 32.2. The van der Waals surface area contributed by atoms with E-state index in [9.17, 15) is 13.2 Å². The number of anilines is 1. The van der Waals surface area contributed by atoms with Crippen molar-refractivity contribution in [3.8, 4) is 0 Å². The highest BCUT2D eigenvalue weighted by molar-refractivity contribution is 7.92. The molecule has 0 radical (unpaired) electrons. The number of carbonyl (C=O) groups excluding carboxylic acids is 1. The van der Waals surface area contributed by atoms with Crippen LogP contribution in [-0.2, 0) is 14.8 Å². The normalized spacial score (nSPS) is 12.6. The predicted molar refractivity (Wildman–Crippen MR) is 109 cm³/mol. The summed E-state index contributed by atoms with van der Waals surface area (Å²) >= 11 is 0. The van der Waals surface area contributed by atoms with Crippen molar-refractivity contribution < 1.29 is 13.2 Å². The molecule has 0 aliphatic rings. The van der Waals surface area contributed by atoms with E-state index in [2.05, 4.69) is 19.2 Å². The number of sulfonamides is 1. The van der Waals surface area contributed by atoms with E-state index in [0.29, 0.717) is 37.5 Å². The van der Waals surface area contributed by atoms with E-state index in [1.165, 1.54) is 23.4 Å². The van der Waals surface area contributed by atoms with Crippen LogP contribution < -0.4 is 9.62 Å². The fraction of sp³-hybridized carbons (Fsp3) is 0.650. The SMILES string of the molecule is CCCC[C@@H](CC)CNC(=O)CCCN(c1cccc(C)c1)S(C)(=O)=O. The summed E-state index contributed by atoms with van der Waals surface area (Å²) in [6.45, 7) is 7.28. The topological polar surface area (TPSA) is 66.5 Å². The Morgan fingerprint density at radius 1 is 1.23 bits per heavy atom. The van der Waals surface area contributed by atoms with Gasteiger partial charge in [-0.15, -0.1) is 0 Å². The molecule has 0 aromatic heterocycles. The summed E-state index contributed by atoms with van der Waals surface area (Å²) in [5.41, 5.74) is 1.66. The van der Waals surface area contributed by atoms with Crippen molar-refractivity contribution in [2.45, 2.75) is 59.3 Å². The van der Waals surface area contributed by atoms with Gasteiger partial charge < -0.3 is 5.32 Å². The fourth-order valence-corrected chi connectivity index (χ4v) is 3.90. The summed E-state index contributed by atoms with van der Waals surface area (Å²) in [5.74, 6) is 0.524. The maximum atomic E-state index is 12.1. The van der Waals surface area contributed by atoms with Crippen LogP contribution in [-0.4, -0.2) is 33.7 Å². The highest BCUT2D eigenvalue weighted by Gasteiger charge is 2.17. The smallest absolute Gasteiger partial charge is 0.232 e. The molecular formula is C20H34N2O3S. The Hall–Kier alpha value is -1.56. The van der Waals surface area contributed by atoms with Gasteiger partial charge >= 0.3 is 0 Å². The first-order chi connectivity index (χ1) is 12.3. The van der Waals surface area contributed by atoms with E-state index < -0.39 is 10.0 Å². The molecule has 148 valence electrons. The van der Waals surface area contributed by atoms with Crippen LogP contribution in [0.5, 0.6) is 0 Å². The number of aryl methyl sites for hydroxylation is 1. The molecule has 1 rings (SSSR count). The average molecular weight is 383 g/mol. The molecule has 0 unspecified atom stereocenters. The van der Waals surface area contributed by atoms with Crippen LogP contribution >= 0.6 is 0 Å². The van der Waals surface area contributed by atoms with Crippen LogP contribution in [0.15, 0.2) is 24.3 Å². The second-order valence-corrected chi connectivity index (χ2v) is 8.91. The largest absolute Gasteiger partial charge is 0.356 e. The van der Waals surface area contributed by atoms with E-state index in [1.54, 1.807) is 6.07 Å². The number of hydrogen-bond acceptors (Lipinski definition) is 3. The number of rotatable bonds is 12. The Labute approximate surface area is 159 Å². The third-order valence-electron chi connectivity index (χ3n) is 4.59. The zero-order valence-electron chi connectivity index (χ0n) is 16.6. The Morgan fingerprint density at radius 2 is 1.96 bits per heavy atom. The summed E-state index contributed by atoms with van der Waals surface area (Å²) in [7, 11) is -3.37. The third kappa shape index (κ3) is 8.21. The van der Waals surface area contributed by atoms with Gasteiger partial charge in [-0.2, -0.15) is 0 Å². The first kappa shape index (κ1) is 22.5. The summed E-state index contributed by atoms with van der Waals surface area (Å²) in [4.78, 5) is 12.1. The summed E-state index contributed by atoms with van der Waals surface area (Å²) in [6.07, 6.45) is 6.60. The molecule has 6 heteroatoms. The zero-order chi connectivity index (χ0) is 19.6. The molecule has 0 aliphatic heterocycles. The van der Waals surface area contributed by atoms with Crippen LogP contribution in [0.2, 0.25) is 0 Å². The molecule has 1 aromatic rings. The first-order valence-corrected chi connectivity index (χ1v) is 11.4. The second-order valence-electron chi connectivity index (χ2n) is 7.00. The Kier molecular flexibility index (Phi) is 9.70. The molecule has 0 spiro atoms. The predicted octanol–water partition coefficient (Wildman–Crippen LogP) is 3.87. The molecule has 1 N–H and O–H groups in total. The molecule has 5 nitrogen and oxygen atoms in total. The van der Waals surface area contributed by atoms with Gasteiger partial charge in [-0.05, 0) is 43.4 Å². The molecule has 1 atom stereocenters. The van der Waals surface area contributed by atoms with Gasteiger partial charge in [0.2, 0.25) is 15.9 Å². The molecule has 0 saturated carbocycles. The van der Waals surface area contributed by atoms with Crippen LogP contribution in [0, 0.1) is 12.8 Å². The van der Waals surface area contributed by atoms with Crippen molar-refractivity contribution in [1.29, 1.82) is 0 Å². The molecule has 0 saturated heterocycles. The molecule has 0 fully saturated rings. The van der Waals surface area contributed by atoms with Crippen molar-refractivity contribution in [1.82, 2.24) is 5.32 Å². The van der Waals surface area contributed by atoms with Gasteiger partial charge in [-0.25, -0.2) is 8.42 Å². The van der Waals surface area contributed by atoms with E-state index in [0.717, 1.165) is 18.4 Å². The van der Waals surface area contributed by atoms with Crippen LogP contribution in [0.4, 0.5) is 5.69 Å². The van der Waals surface area contributed by atoms with Gasteiger partial charge in [0.05, 0.1) is 11.9 Å². The van der Waals surface area contributed by atoms with Gasteiger partial charge in [0.1, 0.15) is 0 Å². The number of nitrogens with zero attached hydrogens (tertiary/aromatic N) is 1. The number of unbranched alkanes of at least 4 members (excludes halogenated alkanes) is 1. The Balaban J connectivity index is 2.51. The van der Waals surface area contributed by atoms with Crippen LogP contribution in [0.1, 0.15) is 57.9 Å². The first-order valence-electron chi connectivity index (χ1n) is 9.59. The molecule has 0 heterocycles. The minimum absolute atomic E-state index is 0.00218. The molecule has 1 amide bonds. The Morgan fingerprint density at radius 3 is 2.54 bits per heavy atom. The van der Waals surface area contributed by atoms with E-state index in [-0.39, 0.29) is 5.91 Å². The number of amides is 1. The maximum absolute atomic E-state index is 12.1. The van der Waals surface area contributed by atoms with E-state index in [4.69, 9.17) is 0 Å². The van der Waals surface area contributed by atoms with E-state index in [1.807, 2.05) is 25.1 Å². The molecule has 26 heavy (non-hydrogen) atoms. The summed E-state index contributed by atoms with van der Waals surface area (Å²) in [6, 6.07) is 7.41. The number of benzene rings is 1. The monoisotopic (exact) mass is 382 g/mol. The van der Waals surface area contributed by atoms with Crippen LogP contribution in [0.25, 0.3) is 0 Å². The average Bonchev–Trinajstić information content (AvgIpc) is 2.57. The highest BCUT2D eigenvalue weighted by Crippen LogP contribution is 2.19. The lowest BCUT2D eigenvalue weighted by atomic mass is 9.99. The number of nitrogens with one attached hydrogen (secondary N) is 1. The van der Waals surface area contributed by atoms with E-state index >= 15 is 0 Å². The summed E-state index contributed by atoms with van der Waals surface area (Å²) in [5, 5.41) is 3.00. The van der Waals surface area contributed by atoms with Crippen molar-refractivity contribution in [3.63, 3.8) is 0 Å². The van der Waals surface area contributed by atoms with Gasteiger partial charge in [0, 0.05) is 19.5 Å². The van der Waals surface area contributed by atoms with Crippen molar-refractivity contribution in [2.75, 3.05) is 23.7 Å².